The lowest BCUT2D eigenvalue weighted by atomic mass is 10.1. The predicted octanol–water partition coefficient (Wildman–Crippen LogP) is 3.22. The van der Waals surface area contributed by atoms with Crippen molar-refractivity contribution in [1.29, 1.82) is 0 Å². The Kier molecular flexibility index (Phi) is 3.39. The van der Waals surface area contributed by atoms with Crippen LogP contribution in [0.5, 0.6) is 0 Å². The summed E-state index contributed by atoms with van der Waals surface area (Å²) in [6, 6.07) is 5.75. The van der Waals surface area contributed by atoms with Gasteiger partial charge in [-0.2, -0.15) is 0 Å². The van der Waals surface area contributed by atoms with Crippen molar-refractivity contribution in [3.8, 4) is 0 Å². The molecule has 1 heterocycles. The van der Waals surface area contributed by atoms with E-state index in [0.717, 1.165) is 28.2 Å². The van der Waals surface area contributed by atoms with Crippen LogP contribution in [-0.4, -0.2) is 12.5 Å². The first kappa shape index (κ1) is 12.2. The summed E-state index contributed by atoms with van der Waals surface area (Å²) < 4.78 is 1.02. The molecular weight excluding hydrogens is 292 g/mol. The Labute approximate surface area is 115 Å². The zero-order valence-corrected chi connectivity index (χ0v) is 11.8. The SMILES string of the molecule is O=C1Nc2ccc(Br)cc2C1NCC1CCCC1. The first-order chi connectivity index (χ1) is 8.74. The van der Waals surface area contributed by atoms with E-state index in [4.69, 9.17) is 0 Å². The summed E-state index contributed by atoms with van der Waals surface area (Å²) in [5.74, 6) is 0.815. The summed E-state index contributed by atoms with van der Waals surface area (Å²) >= 11 is 3.46. The molecule has 18 heavy (non-hydrogen) atoms. The van der Waals surface area contributed by atoms with Gasteiger partial charge in [0.25, 0.3) is 0 Å². The second-order valence-corrected chi connectivity index (χ2v) is 6.13. The van der Waals surface area contributed by atoms with Crippen molar-refractivity contribution in [3.05, 3.63) is 28.2 Å². The maximum absolute atomic E-state index is 12.0. The van der Waals surface area contributed by atoms with Crippen molar-refractivity contribution >= 4 is 27.5 Å². The van der Waals surface area contributed by atoms with Crippen LogP contribution in [0.2, 0.25) is 0 Å². The fourth-order valence-electron chi connectivity index (χ4n) is 2.93. The monoisotopic (exact) mass is 308 g/mol. The Hall–Kier alpha value is -0.870. The minimum absolute atomic E-state index is 0.0705. The summed E-state index contributed by atoms with van der Waals surface area (Å²) in [6.07, 6.45) is 5.27. The van der Waals surface area contributed by atoms with E-state index in [2.05, 4.69) is 26.6 Å². The molecule has 1 amide bonds. The number of benzene rings is 1. The highest BCUT2D eigenvalue weighted by molar-refractivity contribution is 9.10. The first-order valence-corrected chi connectivity index (χ1v) is 7.37. The van der Waals surface area contributed by atoms with E-state index in [9.17, 15) is 4.79 Å². The van der Waals surface area contributed by atoms with Gasteiger partial charge >= 0.3 is 0 Å². The van der Waals surface area contributed by atoms with Gasteiger partial charge in [0.05, 0.1) is 0 Å². The summed E-state index contributed by atoms with van der Waals surface area (Å²) in [4.78, 5) is 12.0. The van der Waals surface area contributed by atoms with E-state index >= 15 is 0 Å². The summed E-state index contributed by atoms with van der Waals surface area (Å²) in [5, 5.41) is 6.35. The highest BCUT2D eigenvalue weighted by atomic mass is 79.9. The Morgan fingerprint density at radius 1 is 1.33 bits per heavy atom. The molecule has 0 saturated heterocycles. The zero-order valence-electron chi connectivity index (χ0n) is 10.2. The second-order valence-electron chi connectivity index (χ2n) is 5.21. The number of halogens is 1. The van der Waals surface area contributed by atoms with Gasteiger partial charge in [0.15, 0.2) is 0 Å². The van der Waals surface area contributed by atoms with Gasteiger partial charge in [-0.1, -0.05) is 28.8 Å². The molecule has 1 fully saturated rings. The quantitative estimate of drug-likeness (QED) is 0.900. The molecule has 0 bridgehead atoms. The van der Waals surface area contributed by atoms with Gasteiger partial charge in [-0.15, -0.1) is 0 Å². The molecule has 2 aliphatic rings. The van der Waals surface area contributed by atoms with Gasteiger partial charge < -0.3 is 10.6 Å². The Morgan fingerprint density at radius 2 is 2.11 bits per heavy atom. The Balaban J connectivity index is 1.72. The third kappa shape index (κ3) is 2.31. The molecule has 1 aliphatic carbocycles. The lowest BCUT2D eigenvalue weighted by molar-refractivity contribution is -0.117. The Bertz CT molecular complexity index is 469. The molecule has 0 radical (unpaired) electrons. The topological polar surface area (TPSA) is 41.1 Å². The van der Waals surface area contributed by atoms with Crippen molar-refractivity contribution in [1.82, 2.24) is 5.32 Å². The number of rotatable bonds is 3. The summed E-state index contributed by atoms with van der Waals surface area (Å²) in [5.41, 5.74) is 2.00. The maximum atomic E-state index is 12.0. The van der Waals surface area contributed by atoms with E-state index in [1.807, 2.05) is 18.2 Å². The number of hydrogen-bond acceptors (Lipinski definition) is 2. The van der Waals surface area contributed by atoms with Crippen LogP contribution in [0.3, 0.4) is 0 Å². The number of anilines is 1. The number of fused-ring (bicyclic) bond motifs is 1. The standard InChI is InChI=1S/C14H17BrN2O/c15-10-5-6-12-11(7-10)13(14(18)17-12)16-8-9-3-1-2-4-9/h5-7,9,13,16H,1-4,8H2,(H,17,18). The molecule has 2 N–H and O–H groups in total. The molecule has 3 nitrogen and oxygen atoms in total. The summed E-state index contributed by atoms with van der Waals surface area (Å²) in [7, 11) is 0. The fourth-order valence-corrected chi connectivity index (χ4v) is 3.31. The molecule has 0 aromatic heterocycles. The van der Waals surface area contributed by atoms with Crippen LogP contribution in [0.25, 0.3) is 0 Å². The van der Waals surface area contributed by atoms with E-state index in [0.29, 0.717) is 0 Å². The molecule has 0 spiro atoms. The van der Waals surface area contributed by atoms with E-state index < -0.39 is 0 Å². The van der Waals surface area contributed by atoms with E-state index in [1.54, 1.807) is 0 Å². The van der Waals surface area contributed by atoms with Crippen LogP contribution in [-0.2, 0) is 4.79 Å². The van der Waals surface area contributed by atoms with Crippen LogP contribution in [0.15, 0.2) is 22.7 Å². The molecule has 4 heteroatoms. The average Bonchev–Trinajstić information content (AvgIpc) is 2.94. The van der Waals surface area contributed by atoms with E-state index in [1.165, 1.54) is 25.7 Å². The molecule has 1 saturated carbocycles. The van der Waals surface area contributed by atoms with Gasteiger partial charge in [-0.25, -0.2) is 0 Å². The molecule has 96 valence electrons. The van der Waals surface area contributed by atoms with Gasteiger partial charge in [0.1, 0.15) is 6.04 Å². The van der Waals surface area contributed by atoms with E-state index in [-0.39, 0.29) is 11.9 Å². The minimum Gasteiger partial charge on any atom is -0.324 e. The number of hydrogen-bond donors (Lipinski definition) is 2. The van der Waals surface area contributed by atoms with Crippen LogP contribution >= 0.6 is 15.9 Å². The smallest absolute Gasteiger partial charge is 0.246 e. The van der Waals surface area contributed by atoms with Gasteiger partial charge in [-0.05, 0) is 43.5 Å². The second kappa shape index (κ2) is 5.02. The van der Waals surface area contributed by atoms with Gasteiger partial charge in [0, 0.05) is 15.7 Å². The zero-order chi connectivity index (χ0) is 12.5. The van der Waals surface area contributed by atoms with Gasteiger partial charge in [-0.3, -0.25) is 4.79 Å². The largest absolute Gasteiger partial charge is 0.324 e. The molecule has 1 aromatic rings. The molecular formula is C14H17BrN2O. The molecule has 1 aromatic carbocycles. The molecule has 1 atom stereocenters. The molecule has 1 unspecified atom stereocenters. The summed E-state index contributed by atoms with van der Waals surface area (Å²) in [6.45, 7) is 0.948. The van der Waals surface area contributed by atoms with Gasteiger partial charge in [0.2, 0.25) is 5.91 Å². The lowest BCUT2D eigenvalue weighted by Crippen LogP contribution is -2.31. The van der Waals surface area contributed by atoms with Crippen molar-refractivity contribution in [3.63, 3.8) is 0 Å². The van der Waals surface area contributed by atoms with Crippen LogP contribution in [0.4, 0.5) is 5.69 Å². The number of amides is 1. The minimum atomic E-state index is -0.182. The van der Waals surface area contributed by atoms with Crippen LogP contribution in [0.1, 0.15) is 37.3 Å². The molecule has 1 aliphatic heterocycles. The Morgan fingerprint density at radius 3 is 2.89 bits per heavy atom. The third-order valence-corrected chi connectivity index (χ3v) is 4.42. The highest BCUT2D eigenvalue weighted by Crippen LogP contribution is 2.33. The number of carbonyl (C=O) groups is 1. The third-order valence-electron chi connectivity index (χ3n) is 3.93. The van der Waals surface area contributed by atoms with Crippen molar-refractivity contribution in [2.24, 2.45) is 5.92 Å². The van der Waals surface area contributed by atoms with Crippen molar-refractivity contribution < 1.29 is 4.79 Å². The predicted molar refractivity (Wildman–Crippen MR) is 75.5 cm³/mol. The number of nitrogens with one attached hydrogen (secondary N) is 2. The van der Waals surface area contributed by atoms with Crippen molar-refractivity contribution in [2.45, 2.75) is 31.7 Å². The molecule has 3 rings (SSSR count). The van der Waals surface area contributed by atoms with Crippen molar-refractivity contribution in [2.75, 3.05) is 11.9 Å². The van der Waals surface area contributed by atoms with Crippen LogP contribution < -0.4 is 10.6 Å². The fraction of sp³-hybridized carbons (Fsp3) is 0.500. The normalized spacial score (nSPS) is 23.2. The maximum Gasteiger partial charge on any atom is 0.246 e. The average molecular weight is 309 g/mol. The number of carbonyl (C=O) groups excluding carboxylic acids is 1. The lowest BCUT2D eigenvalue weighted by Gasteiger charge is -2.15. The van der Waals surface area contributed by atoms with Crippen LogP contribution in [0, 0.1) is 5.92 Å². The first-order valence-electron chi connectivity index (χ1n) is 6.58. The highest BCUT2D eigenvalue weighted by Gasteiger charge is 2.30.